The second-order valence-electron chi connectivity index (χ2n) is 7.58. The lowest BCUT2D eigenvalue weighted by Gasteiger charge is -2.35. The third-order valence-electron chi connectivity index (χ3n) is 5.87. The van der Waals surface area contributed by atoms with Crippen molar-refractivity contribution in [3.05, 3.63) is 53.1 Å². The molecular weight excluding hydrogens is 390 g/mol. The van der Waals surface area contributed by atoms with Gasteiger partial charge in [0.2, 0.25) is 5.91 Å². The largest absolute Gasteiger partial charge is 0.495 e. The molecule has 0 unspecified atom stereocenters. The summed E-state index contributed by atoms with van der Waals surface area (Å²) in [5.41, 5.74) is 2.48. The van der Waals surface area contributed by atoms with Gasteiger partial charge in [0, 0.05) is 16.8 Å². The van der Waals surface area contributed by atoms with Crippen LogP contribution >= 0.6 is 11.6 Å². The van der Waals surface area contributed by atoms with Crippen LogP contribution in [-0.4, -0.2) is 51.1 Å². The van der Waals surface area contributed by atoms with Crippen LogP contribution in [0, 0.1) is 6.92 Å². The fourth-order valence-corrected chi connectivity index (χ4v) is 4.38. The van der Waals surface area contributed by atoms with Gasteiger partial charge in [-0.25, -0.2) is 4.90 Å². The smallest absolute Gasteiger partial charge is 0.292 e. The Bertz CT molecular complexity index is 926. The molecule has 0 saturated carbocycles. The van der Waals surface area contributed by atoms with Crippen molar-refractivity contribution in [1.82, 2.24) is 0 Å². The number of quaternary nitrogens is 1. The van der Waals surface area contributed by atoms with Crippen molar-refractivity contribution in [1.29, 1.82) is 0 Å². The second-order valence-corrected chi connectivity index (χ2v) is 7.99. The Balaban J connectivity index is 1.50. The quantitative estimate of drug-likeness (QED) is 0.774. The zero-order valence-electron chi connectivity index (χ0n) is 16.7. The topological polar surface area (TPSA) is 54.3 Å². The zero-order chi connectivity index (χ0) is 20.5. The summed E-state index contributed by atoms with van der Waals surface area (Å²) in [5.74, 6) is 0.100. The molecule has 2 aromatic carbocycles. The highest BCUT2D eigenvalue weighted by atomic mass is 35.5. The third kappa shape index (κ3) is 3.70. The summed E-state index contributed by atoms with van der Waals surface area (Å²) in [5, 5.41) is 0.545. The number of hydrogen-bond acceptors (Lipinski definition) is 4. The van der Waals surface area contributed by atoms with Crippen molar-refractivity contribution in [3.8, 4) is 5.75 Å². The summed E-state index contributed by atoms with van der Waals surface area (Å²) < 4.78 is 5.39. The molecule has 1 N–H and O–H groups in total. The fourth-order valence-electron chi connectivity index (χ4n) is 4.23. The molecule has 2 amide bonds. The highest BCUT2D eigenvalue weighted by Crippen LogP contribution is 2.36. The van der Waals surface area contributed by atoms with E-state index < -0.39 is 0 Å². The number of ether oxygens (including phenoxy) is 1. The summed E-state index contributed by atoms with van der Waals surface area (Å²) in [6, 6.07) is 13.3. The van der Waals surface area contributed by atoms with E-state index in [1.54, 1.807) is 12.1 Å². The van der Waals surface area contributed by atoms with Crippen LogP contribution in [0.15, 0.2) is 42.5 Å². The first-order valence-electron chi connectivity index (χ1n) is 9.85. The van der Waals surface area contributed by atoms with E-state index >= 15 is 0 Å². The molecule has 29 heavy (non-hydrogen) atoms. The van der Waals surface area contributed by atoms with Gasteiger partial charge >= 0.3 is 0 Å². The lowest BCUT2D eigenvalue weighted by Crippen LogP contribution is -3.19. The molecule has 2 saturated heterocycles. The number of carbonyl (C=O) groups excluding carboxylic acids is 2. The molecule has 0 radical (unpaired) electrons. The number of halogens is 1. The molecule has 1 atom stereocenters. The number of hydrogen-bond donors (Lipinski definition) is 1. The molecule has 2 aliphatic heterocycles. The van der Waals surface area contributed by atoms with Gasteiger partial charge < -0.3 is 14.5 Å². The SMILES string of the molecule is COc1cc(Cl)c(C)cc1N1C(=O)C[C@H]([NH+]2CCN(c3ccccc3)CC2)C1=O. The van der Waals surface area contributed by atoms with Crippen molar-refractivity contribution >= 4 is 34.8 Å². The fraction of sp³-hybridized carbons (Fsp3) is 0.364. The monoisotopic (exact) mass is 414 g/mol. The molecule has 152 valence electrons. The van der Waals surface area contributed by atoms with E-state index in [1.165, 1.54) is 22.6 Å². The van der Waals surface area contributed by atoms with Crippen LogP contribution in [-0.2, 0) is 9.59 Å². The van der Waals surface area contributed by atoms with Gasteiger partial charge in [-0.1, -0.05) is 29.8 Å². The van der Waals surface area contributed by atoms with E-state index in [-0.39, 0.29) is 24.3 Å². The maximum atomic E-state index is 13.2. The number of piperazine rings is 1. The number of carbonyl (C=O) groups is 2. The van der Waals surface area contributed by atoms with Gasteiger partial charge in [0.1, 0.15) is 5.75 Å². The third-order valence-corrected chi connectivity index (χ3v) is 6.27. The molecule has 6 nitrogen and oxygen atoms in total. The number of amides is 2. The van der Waals surface area contributed by atoms with Gasteiger partial charge in [-0.2, -0.15) is 0 Å². The number of benzene rings is 2. The van der Waals surface area contributed by atoms with E-state index in [0.717, 1.165) is 31.7 Å². The van der Waals surface area contributed by atoms with E-state index in [9.17, 15) is 9.59 Å². The highest BCUT2D eigenvalue weighted by molar-refractivity contribution is 6.32. The Hall–Kier alpha value is -2.57. The molecule has 4 rings (SSSR count). The van der Waals surface area contributed by atoms with E-state index in [0.29, 0.717) is 16.5 Å². The lowest BCUT2D eigenvalue weighted by molar-refractivity contribution is -0.915. The molecular formula is C22H25ClN3O3+. The van der Waals surface area contributed by atoms with Crippen molar-refractivity contribution in [2.45, 2.75) is 19.4 Å². The minimum Gasteiger partial charge on any atom is -0.495 e. The second kappa shape index (κ2) is 8.05. The Morgan fingerprint density at radius 3 is 2.45 bits per heavy atom. The molecule has 2 heterocycles. The normalized spacial score (nSPS) is 20.4. The molecule has 0 bridgehead atoms. The van der Waals surface area contributed by atoms with Crippen LogP contribution in [0.25, 0.3) is 0 Å². The number of rotatable bonds is 4. The van der Waals surface area contributed by atoms with Gasteiger partial charge in [-0.3, -0.25) is 9.59 Å². The van der Waals surface area contributed by atoms with Gasteiger partial charge in [0.25, 0.3) is 5.91 Å². The van der Waals surface area contributed by atoms with Crippen LogP contribution in [0.1, 0.15) is 12.0 Å². The Morgan fingerprint density at radius 1 is 1.10 bits per heavy atom. The number of nitrogens with zero attached hydrogens (tertiary/aromatic N) is 2. The average Bonchev–Trinajstić information content (AvgIpc) is 3.04. The molecule has 2 fully saturated rings. The maximum Gasteiger partial charge on any atom is 0.292 e. The summed E-state index contributed by atoms with van der Waals surface area (Å²) in [6.07, 6.45) is 0.227. The first-order chi connectivity index (χ1) is 14.0. The van der Waals surface area contributed by atoms with Gasteiger partial charge in [-0.15, -0.1) is 0 Å². The van der Waals surface area contributed by atoms with Crippen LogP contribution in [0.4, 0.5) is 11.4 Å². The van der Waals surface area contributed by atoms with Crippen molar-refractivity contribution in [2.24, 2.45) is 0 Å². The van der Waals surface area contributed by atoms with Crippen molar-refractivity contribution < 1.29 is 19.2 Å². The van der Waals surface area contributed by atoms with Crippen molar-refractivity contribution in [3.63, 3.8) is 0 Å². The Morgan fingerprint density at radius 2 is 1.79 bits per heavy atom. The van der Waals surface area contributed by atoms with Crippen LogP contribution < -0.4 is 19.4 Å². The van der Waals surface area contributed by atoms with Gasteiger partial charge in [0.05, 0.1) is 45.4 Å². The first-order valence-corrected chi connectivity index (χ1v) is 10.2. The van der Waals surface area contributed by atoms with Gasteiger partial charge in [0.15, 0.2) is 6.04 Å². The minimum atomic E-state index is -0.346. The predicted molar refractivity (Wildman–Crippen MR) is 113 cm³/mol. The van der Waals surface area contributed by atoms with Crippen LogP contribution in [0.3, 0.4) is 0 Å². The number of imide groups is 1. The highest BCUT2D eigenvalue weighted by Gasteiger charge is 2.47. The van der Waals surface area contributed by atoms with Crippen molar-refractivity contribution in [2.75, 3.05) is 43.1 Å². The predicted octanol–water partition coefficient (Wildman–Crippen LogP) is 1.69. The number of anilines is 2. The Labute approximate surface area is 175 Å². The molecule has 2 aliphatic rings. The molecule has 0 aromatic heterocycles. The number of para-hydroxylation sites is 1. The summed E-state index contributed by atoms with van der Waals surface area (Å²) >= 11 is 6.18. The van der Waals surface area contributed by atoms with Crippen LogP contribution in [0.5, 0.6) is 5.75 Å². The molecule has 7 heteroatoms. The van der Waals surface area contributed by atoms with Gasteiger partial charge in [-0.05, 0) is 30.7 Å². The standard InChI is InChI=1S/C22H24ClN3O3/c1-15-12-18(20(29-2)13-17(15)23)26-21(27)14-19(22(26)28)25-10-8-24(9-11-25)16-6-4-3-5-7-16/h3-7,12-13,19H,8-11,14H2,1-2H3/p+1/t19-/m0/s1. The Kier molecular flexibility index (Phi) is 5.48. The number of aryl methyl sites for hydroxylation is 1. The molecule has 0 aliphatic carbocycles. The summed E-state index contributed by atoms with van der Waals surface area (Å²) in [7, 11) is 1.51. The number of nitrogens with one attached hydrogen (secondary N) is 1. The van der Waals surface area contributed by atoms with E-state index in [1.807, 2.05) is 25.1 Å². The number of methoxy groups -OCH3 is 1. The molecule has 2 aromatic rings. The minimum absolute atomic E-state index is 0.154. The lowest BCUT2D eigenvalue weighted by atomic mass is 10.1. The molecule has 0 spiro atoms. The van der Waals surface area contributed by atoms with E-state index in [2.05, 4.69) is 17.0 Å². The van der Waals surface area contributed by atoms with Crippen LogP contribution in [0.2, 0.25) is 5.02 Å². The maximum absolute atomic E-state index is 13.2. The first kappa shape index (κ1) is 19.7. The summed E-state index contributed by atoms with van der Waals surface area (Å²) in [6.45, 7) is 5.22. The zero-order valence-corrected chi connectivity index (χ0v) is 17.4. The summed E-state index contributed by atoms with van der Waals surface area (Å²) in [4.78, 5) is 30.8. The average molecular weight is 415 g/mol. The van der Waals surface area contributed by atoms with E-state index in [4.69, 9.17) is 16.3 Å².